The highest BCUT2D eigenvalue weighted by Gasteiger charge is 2.34. The first kappa shape index (κ1) is 14.1. The number of carboxylic acids is 1. The van der Waals surface area contributed by atoms with Crippen molar-refractivity contribution in [1.82, 2.24) is 4.98 Å². The first-order valence-corrected chi connectivity index (χ1v) is 4.40. The Kier molecular flexibility index (Phi) is 3.73. The van der Waals surface area contributed by atoms with Crippen LogP contribution in [-0.2, 0) is 0 Å². The van der Waals surface area contributed by atoms with Gasteiger partial charge in [0.2, 0.25) is 5.88 Å². The first-order chi connectivity index (χ1) is 8.11. The van der Waals surface area contributed by atoms with Crippen LogP contribution in [0.1, 0.15) is 28.0 Å². The Morgan fingerprint density at radius 2 is 2.00 bits per heavy atom. The van der Waals surface area contributed by atoms with Crippen molar-refractivity contribution in [3.63, 3.8) is 0 Å². The molecule has 1 heterocycles. The third-order valence-electron chi connectivity index (χ3n) is 1.85. The van der Waals surface area contributed by atoms with Crippen molar-refractivity contribution >= 4 is 5.97 Å². The molecule has 0 saturated carbocycles. The number of carboxylic acid groups (broad SMARTS) is 1. The molecule has 0 aliphatic heterocycles. The molecule has 0 fully saturated rings. The first-order valence-electron chi connectivity index (χ1n) is 4.40. The predicted molar refractivity (Wildman–Crippen MR) is 47.6 cm³/mol. The predicted octanol–water partition coefficient (Wildman–Crippen LogP) is 2.92. The average Bonchev–Trinajstić information content (AvgIpc) is 2.17. The molecule has 0 amide bonds. The van der Waals surface area contributed by atoms with Crippen LogP contribution in [0.3, 0.4) is 0 Å². The van der Waals surface area contributed by atoms with E-state index >= 15 is 0 Å². The Labute approximate surface area is 97.0 Å². The number of ether oxygens (including phenoxy) is 1. The average molecular weight is 271 g/mol. The van der Waals surface area contributed by atoms with Crippen LogP contribution in [0.15, 0.2) is 6.07 Å². The van der Waals surface area contributed by atoms with E-state index in [-0.39, 0.29) is 5.56 Å². The molecule has 0 aliphatic rings. The lowest BCUT2D eigenvalue weighted by Crippen LogP contribution is -2.20. The molecule has 0 bridgehead atoms. The summed E-state index contributed by atoms with van der Waals surface area (Å²) in [7, 11) is 0. The van der Waals surface area contributed by atoms with Crippen LogP contribution in [0, 0.1) is 6.92 Å². The van der Waals surface area contributed by atoms with Gasteiger partial charge < -0.3 is 9.84 Å². The lowest BCUT2D eigenvalue weighted by atomic mass is 10.1. The van der Waals surface area contributed by atoms with Gasteiger partial charge in [0.1, 0.15) is 5.69 Å². The van der Waals surface area contributed by atoms with Gasteiger partial charge in [0.25, 0.3) is 6.43 Å². The Morgan fingerprint density at radius 1 is 1.44 bits per heavy atom. The minimum Gasteiger partial charge on any atom is -0.478 e. The molecule has 1 aromatic rings. The van der Waals surface area contributed by atoms with Crippen LogP contribution < -0.4 is 4.74 Å². The zero-order valence-corrected chi connectivity index (χ0v) is 8.76. The number of aromatic nitrogens is 1. The van der Waals surface area contributed by atoms with Gasteiger partial charge in [0.15, 0.2) is 0 Å². The summed E-state index contributed by atoms with van der Waals surface area (Å²) in [6, 6.07) is 0.651. The Morgan fingerprint density at radius 3 is 2.39 bits per heavy atom. The summed E-state index contributed by atoms with van der Waals surface area (Å²) in [5.41, 5.74) is -2.45. The van der Waals surface area contributed by atoms with Crippen molar-refractivity contribution < 1.29 is 36.6 Å². The third kappa shape index (κ3) is 3.28. The minimum absolute atomic E-state index is 0.311. The molecular weight excluding hydrogens is 265 g/mol. The third-order valence-corrected chi connectivity index (χ3v) is 1.85. The maximum absolute atomic E-state index is 12.5. The molecule has 0 radical (unpaired) electrons. The van der Waals surface area contributed by atoms with Crippen LogP contribution in [0.4, 0.5) is 22.0 Å². The molecule has 4 nitrogen and oxygen atoms in total. The highest BCUT2D eigenvalue weighted by Crippen LogP contribution is 2.29. The van der Waals surface area contributed by atoms with Crippen molar-refractivity contribution in [2.24, 2.45) is 0 Å². The summed E-state index contributed by atoms with van der Waals surface area (Å²) in [5.74, 6) is -2.80. The van der Waals surface area contributed by atoms with Crippen LogP contribution in [0.25, 0.3) is 0 Å². The number of nitrogens with zero attached hydrogens (tertiary/aromatic N) is 1. The standard InChI is InChI=1S/C9H6F5NO3/c1-3-2-4(8(16)17)5(6(10)11)15-7(3)18-9(12,13)14/h2,6H,1H3,(H,16,17). The molecule has 18 heavy (non-hydrogen) atoms. The van der Waals surface area contributed by atoms with Gasteiger partial charge in [-0.15, -0.1) is 13.2 Å². The second-order valence-electron chi connectivity index (χ2n) is 3.20. The van der Waals surface area contributed by atoms with Crippen molar-refractivity contribution in [3.05, 3.63) is 22.9 Å². The zero-order chi connectivity index (χ0) is 14.1. The molecule has 1 aromatic heterocycles. The largest absolute Gasteiger partial charge is 0.574 e. The van der Waals surface area contributed by atoms with Gasteiger partial charge in [0.05, 0.1) is 5.56 Å². The van der Waals surface area contributed by atoms with E-state index in [1.54, 1.807) is 0 Å². The Bertz CT molecular complexity index is 472. The van der Waals surface area contributed by atoms with Crippen molar-refractivity contribution in [1.29, 1.82) is 0 Å². The van der Waals surface area contributed by atoms with Crippen LogP contribution >= 0.6 is 0 Å². The summed E-state index contributed by atoms with van der Waals surface area (Å²) < 4.78 is 64.2. The Balaban J connectivity index is 3.32. The molecule has 1 rings (SSSR count). The Hall–Kier alpha value is -1.93. The van der Waals surface area contributed by atoms with Crippen molar-refractivity contribution in [3.8, 4) is 5.88 Å². The van der Waals surface area contributed by atoms with Crippen LogP contribution in [0.2, 0.25) is 0 Å². The highest BCUT2D eigenvalue weighted by molar-refractivity contribution is 5.89. The van der Waals surface area contributed by atoms with Gasteiger partial charge in [0, 0.05) is 5.56 Å². The zero-order valence-electron chi connectivity index (χ0n) is 8.76. The molecule has 0 spiro atoms. The van der Waals surface area contributed by atoms with Gasteiger partial charge in [-0.3, -0.25) is 0 Å². The molecular formula is C9H6F5NO3. The SMILES string of the molecule is Cc1cc(C(=O)O)c(C(F)F)nc1OC(F)(F)F. The second kappa shape index (κ2) is 4.75. The fraction of sp³-hybridized carbons (Fsp3) is 0.333. The van der Waals surface area contributed by atoms with E-state index in [4.69, 9.17) is 5.11 Å². The molecule has 0 unspecified atom stereocenters. The lowest BCUT2D eigenvalue weighted by Gasteiger charge is -2.13. The van der Waals surface area contributed by atoms with E-state index in [0.717, 1.165) is 6.92 Å². The van der Waals surface area contributed by atoms with Gasteiger partial charge in [-0.2, -0.15) is 0 Å². The number of aryl methyl sites for hydroxylation is 1. The fourth-order valence-electron chi connectivity index (χ4n) is 1.16. The molecule has 0 saturated heterocycles. The number of hydrogen-bond acceptors (Lipinski definition) is 3. The lowest BCUT2D eigenvalue weighted by molar-refractivity contribution is -0.276. The summed E-state index contributed by atoms with van der Waals surface area (Å²) in [6.45, 7) is 1.07. The topological polar surface area (TPSA) is 59.4 Å². The van der Waals surface area contributed by atoms with Crippen LogP contribution in [-0.4, -0.2) is 22.4 Å². The van der Waals surface area contributed by atoms with E-state index in [9.17, 15) is 26.7 Å². The quantitative estimate of drug-likeness (QED) is 0.859. The number of hydrogen-bond donors (Lipinski definition) is 1. The maximum Gasteiger partial charge on any atom is 0.574 e. The van der Waals surface area contributed by atoms with Gasteiger partial charge in [-0.05, 0) is 13.0 Å². The highest BCUT2D eigenvalue weighted by atomic mass is 19.4. The molecule has 0 aliphatic carbocycles. The minimum atomic E-state index is -5.10. The fourth-order valence-corrected chi connectivity index (χ4v) is 1.16. The van der Waals surface area contributed by atoms with E-state index in [1.165, 1.54) is 0 Å². The van der Waals surface area contributed by atoms with Crippen LogP contribution in [0.5, 0.6) is 5.88 Å². The summed E-state index contributed by atoms with van der Waals surface area (Å²) in [6.07, 6.45) is -8.42. The number of carbonyl (C=O) groups is 1. The van der Waals surface area contributed by atoms with Crippen molar-refractivity contribution in [2.45, 2.75) is 19.7 Å². The molecule has 9 heteroatoms. The smallest absolute Gasteiger partial charge is 0.478 e. The second-order valence-corrected chi connectivity index (χ2v) is 3.20. The summed E-state index contributed by atoms with van der Waals surface area (Å²) in [5, 5.41) is 8.63. The number of pyridine rings is 1. The van der Waals surface area contributed by atoms with E-state index in [2.05, 4.69) is 9.72 Å². The molecule has 100 valence electrons. The maximum atomic E-state index is 12.5. The summed E-state index contributed by atoms with van der Waals surface area (Å²) >= 11 is 0. The molecule has 0 atom stereocenters. The van der Waals surface area contributed by atoms with Gasteiger partial charge in [-0.1, -0.05) is 0 Å². The van der Waals surface area contributed by atoms with Gasteiger partial charge in [-0.25, -0.2) is 18.6 Å². The van der Waals surface area contributed by atoms with Gasteiger partial charge >= 0.3 is 12.3 Å². The van der Waals surface area contributed by atoms with E-state index < -0.39 is 35.9 Å². The monoisotopic (exact) mass is 271 g/mol. The van der Waals surface area contributed by atoms with Crippen molar-refractivity contribution in [2.75, 3.05) is 0 Å². The molecule has 0 aromatic carbocycles. The molecule has 1 N–H and O–H groups in total. The normalized spacial score (nSPS) is 11.7. The van der Waals surface area contributed by atoms with E-state index in [0.29, 0.717) is 6.07 Å². The number of rotatable bonds is 3. The number of aromatic carboxylic acids is 1. The summed E-state index contributed by atoms with van der Waals surface area (Å²) in [4.78, 5) is 13.5. The number of halogens is 5. The number of alkyl halides is 5. The van der Waals surface area contributed by atoms with E-state index in [1.807, 2.05) is 0 Å².